The molecule has 0 aromatic heterocycles. The summed E-state index contributed by atoms with van der Waals surface area (Å²) in [6.45, 7) is 5.85. The van der Waals surface area contributed by atoms with Crippen molar-refractivity contribution < 1.29 is 0 Å². The lowest BCUT2D eigenvalue weighted by Gasteiger charge is -2.09. The molecular formula is C9H9N. The monoisotopic (exact) mass is 131 g/mol. The van der Waals surface area contributed by atoms with E-state index in [-0.39, 0.29) is 0 Å². The first-order valence-electron chi connectivity index (χ1n) is 3.23. The average Bonchev–Trinajstić information content (AvgIpc) is 1.95. The average molecular weight is 131 g/mol. The molecule has 0 spiro atoms. The number of hydrogen-bond acceptors (Lipinski definition) is 1. The van der Waals surface area contributed by atoms with E-state index in [2.05, 4.69) is 12.6 Å². The van der Waals surface area contributed by atoms with E-state index in [0.29, 0.717) is 5.92 Å². The van der Waals surface area contributed by atoms with Crippen LogP contribution in [0.25, 0.3) is 0 Å². The summed E-state index contributed by atoms with van der Waals surface area (Å²) in [5.41, 5.74) is 1.80. The molecule has 1 aliphatic rings. The fourth-order valence-corrected chi connectivity index (χ4v) is 0.855. The van der Waals surface area contributed by atoms with E-state index >= 15 is 0 Å². The summed E-state index contributed by atoms with van der Waals surface area (Å²) < 4.78 is 0. The van der Waals surface area contributed by atoms with Crippen molar-refractivity contribution in [1.82, 2.24) is 0 Å². The maximum atomic E-state index is 8.50. The smallest absolute Gasteiger partial charge is 0.0988 e. The molecule has 1 heteroatoms. The maximum absolute atomic E-state index is 8.50. The van der Waals surface area contributed by atoms with Crippen LogP contribution in [0.1, 0.15) is 6.92 Å². The molecule has 1 aliphatic carbocycles. The third-order valence-corrected chi connectivity index (χ3v) is 1.62. The molecule has 0 saturated heterocycles. The van der Waals surface area contributed by atoms with Crippen molar-refractivity contribution in [2.75, 3.05) is 0 Å². The minimum absolute atomic E-state index is 0.319. The number of allylic oxidation sites excluding steroid dienone is 5. The Bertz CT molecular complexity index is 250. The molecule has 0 fully saturated rings. The molecule has 1 unspecified atom stereocenters. The van der Waals surface area contributed by atoms with E-state index in [9.17, 15) is 0 Å². The fraction of sp³-hybridized carbons (Fsp3) is 0.222. The lowest BCUT2D eigenvalue weighted by atomic mass is 9.94. The molecule has 1 atom stereocenters. The van der Waals surface area contributed by atoms with Gasteiger partial charge in [0, 0.05) is 5.57 Å². The highest BCUT2D eigenvalue weighted by Crippen LogP contribution is 2.19. The van der Waals surface area contributed by atoms with Gasteiger partial charge in [-0.15, -0.1) is 0 Å². The van der Waals surface area contributed by atoms with Crippen LogP contribution in [0.3, 0.4) is 0 Å². The molecule has 0 aliphatic heterocycles. The first-order valence-corrected chi connectivity index (χ1v) is 3.23. The Balaban J connectivity index is 2.88. The van der Waals surface area contributed by atoms with Crippen LogP contribution in [0.4, 0.5) is 0 Å². The van der Waals surface area contributed by atoms with E-state index in [1.807, 2.05) is 19.1 Å². The molecule has 0 saturated carbocycles. The molecule has 1 rings (SSSR count). The van der Waals surface area contributed by atoms with Gasteiger partial charge in [0.25, 0.3) is 0 Å². The third kappa shape index (κ3) is 1.16. The van der Waals surface area contributed by atoms with Crippen molar-refractivity contribution >= 4 is 0 Å². The van der Waals surface area contributed by atoms with Gasteiger partial charge in [0.15, 0.2) is 0 Å². The second-order valence-electron chi connectivity index (χ2n) is 2.43. The van der Waals surface area contributed by atoms with E-state index in [1.165, 1.54) is 0 Å². The van der Waals surface area contributed by atoms with Crippen LogP contribution in [0, 0.1) is 17.2 Å². The Morgan fingerprint density at radius 2 is 2.30 bits per heavy atom. The summed E-state index contributed by atoms with van der Waals surface area (Å²) >= 11 is 0. The van der Waals surface area contributed by atoms with Gasteiger partial charge in [-0.2, -0.15) is 5.26 Å². The highest BCUT2D eigenvalue weighted by molar-refractivity contribution is 5.43. The van der Waals surface area contributed by atoms with Crippen LogP contribution in [0.2, 0.25) is 0 Å². The second kappa shape index (κ2) is 2.53. The van der Waals surface area contributed by atoms with E-state index < -0.39 is 0 Å². The standard InChI is InChI=1S/C9H9N/c1-7-3-4-9(6-10)5-8(7)2/h3-5,8H,1H2,2H3. The third-order valence-electron chi connectivity index (χ3n) is 1.62. The highest BCUT2D eigenvalue weighted by Gasteiger charge is 2.05. The Labute approximate surface area is 61.0 Å². The topological polar surface area (TPSA) is 23.8 Å². The molecule has 1 nitrogen and oxygen atoms in total. The Kier molecular flexibility index (Phi) is 1.73. The Morgan fingerprint density at radius 1 is 1.60 bits per heavy atom. The minimum atomic E-state index is 0.319. The number of hydrogen-bond donors (Lipinski definition) is 0. The van der Waals surface area contributed by atoms with Crippen molar-refractivity contribution in [3.05, 3.63) is 36.0 Å². The summed E-state index contributed by atoms with van der Waals surface area (Å²) in [5, 5.41) is 8.50. The molecule has 0 radical (unpaired) electrons. The number of nitrogens with zero attached hydrogens (tertiary/aromatic N) is 1. The fourth-order valence-electron chi connectivity index (χ4n) is 0.855. The SMILES string of the molecule is C=C1C=CC(C#N)=CC1C. The van der Waals surface area contributed by atoms with Gasteiger partial charge in [-0.05, 0) is 17.6 Å². The van der Waals surface area contributed by atoms with Crippen molar-refractivity contribution in [2.45, 2.75) is 6.92 Å². The lowest BCUT2D eigenvalue weighted by molar-refractivity contribution is 0.882. The zero-order chi connectivity index (χ0) is 7.56. The molecule has 0 heterocycles. The summed E-state index contributed by atoms with van der Waals surface area (Å²) in [5.74, 6) is 0.319. The largest absolute Gasteiger partial charge is 0.192 e. The first-order chi connectivity index (χ1) is 4.74. The maximum Gasteiger partial charge on any atom is 0.0988 e. The predicted octanol–water partition coefficient (Wildman–Crippen LogP) is 2.20. The molecule has 0 aromatic carbocycles. The van der Waals surface area contributed by atoms with Gasteiger partial charge in [-0.1, -0.05) is 25.7 Å². The highest BCUT2D eigenvalue weighted by atomic mass is 14.2. The molecular weight excluding hydrogens is 122 g/mol. The van der Waals surface area contributed by atoms with Crippen LogP contribution < -0.4 is 0 Å². The van der Waals surface area contributed by atoms with Crippen LogP contribution >= 0.6 is 0 Å². The molecule has 10 heavy (non-hydrogen) atoms. The summed E-state index contributed by atoms with van der Waals surface area (Å²) in [4.78, 5) is 0. The molecule has 50 valence electrons. The normalized spacial score (nSPS) is 23.8. The summed E-state index contributed by atoms with van der Waals surface area (Å²) in [6, 6.07) is 2.09. The van der Waals surface area contributed by atoms with Crippen LogP contribution in [-0.2, 0) is 0 Å². The Hall–Kier alpha value is -1.29. The van der Waals surface area contributed by atoms with Gasteiger partial charge in [-0.25, -0.2) is 0 Å². The van der Waals surface area contributed by atoms with Gasteiger partial charge in [0.2, 0.25) is 0 Å². The Morgan fingerprint density at radius 3 is 2.80 bits per heavy atom. The molecule has 0 N–H and O–H groups in total. The summed E-state index contributed by atoms with van der Waals surface area (Å²) in [7, 11) is 0. The summed E-state index contributed by atoms with van der Waals surface area (Å²) in [6.07, 6.45) is 5.61. The lowest BCUT2D eigenvalue weighted by Crippen LogP contribution is -1.96. The zero-order valence-corrected chi connectivity index (χ0v) is 5.96. The van der Waals surface area contributed by atoms with E-state index in [1.54, 1.807) is 6.08 Å². The van der Waals surface area contributed by atoms with Crippen LogP contribution in [-0.4, -0.2) is 0 Å². The van der Waals surface area contributed by atoms with Crippen LogP contribution in [0.15, 0.2) is 36.0 Å². The molecule has 0 amide bonds. The minimum Gasteiger partial charge on any atom is -0.192 e. The first kappa shape index (κ1) is 6.82. The van der Waals surface area contributed by atoms with Gasteiger partial charge < -0.3 is 0 Å². The quantitative estimate of drug-likeness (QED) is 0.494. The van der Waals surface area contributed by atoms with Gasteiger partial charge in [0.05, 0.1) is 6.07 Å². The van der Waals surface area contributed by atoms with Crippen molar-refractivity contribution in [3.8, 4) is 6.07 Å². The zero-order valence-electron chi connectivity index (χ0n) is 5.96. The molecule has 0 bridgehead atoms. The van der Waals surface area contributed by atoms with Gasteiger partial charge in [-0.3, -0.25) is 0 Å². The predicted molar refractivity (Wildman–Crippen MR) is 41.1 cm³/mol. The van der Waals surface area contributed by atoms with Crippen LogP contribution in [0.5, 0.6) is 0 Å². The van der Waals surface area contributed by atoms with Crippen molar-refractivity contribution in [2.24, 2.45) is 5.92 Å². The second-order valence-corrected chi connectivity index (χ2v) is 2.43. The van der Waals surface area contributed by atoms with E-state index in [4.69, 9.17) is 5.26 Å². The number of rotatable bonds is 0. The van der Waals surface area contributed by atoms with Gasteiger partial charge in [0.1, 0.15) is 0 Å². The van der Waals surface area contributed by atoms with Crippen molar-refractivity contribution in [3.63, 3.8) is 0 Å². The van der Waals surface area contributed by atoms with E-state index in [0.717, 1.165) is 11.1 Å². The van der Waals surface area contributed by atoms with Gasteiger partial charge >= 0.3 is 0 Å². The van der Waals surface area contributed by atoms with Crippen molar-refractivity contribution in [1.29, 1.82) is 5.26 Å². The number of nitriles is 1. The molecule has 0 aromatic rings.